The van der Waals surface area contributed by atoms with Crippen LogP contribution < -0.4 is 9.13 Å². The van der Waals surface area contributed by atoms with Crippen molar-refractivity contribution in [1.82, 2.24) is 0 Å². The van der Waals surface area contributed by atoms with Crippen molar-refractivity contribution in [2.45, 2.75) is 51.0 Å². The number of aromatic nitrogens is 2. The first kappa shape index (κ1) is 24.7. The Labute approximate surface area is 237 Å². The van der Waals surface area contributed by atoms with Crippen LogP contribution in [0.25, 0.3) is 39.3 Å². The van der Waals surface area contributed by atoms with E-state index >= 15 is 0 Å². The number of nitrogens with zero attached hydrogens (tertiary/aromatic N) is 2. The van der Waals surface area contributed by atoms with E-state index in [-0.39, 0.29) is 0 Å². The Bertz CT molecular complexity index is 1730. The van der Waals surface area contributed by atoms with E-state index in [1.165, 1.54) is 50.3 Å². The third-order valence-corrected chi connectivity index (χ3v) is 9.00. The summed E-state index contributed by atoms with van der Waals surface area (Å²) in [5.74, 6) is 0.864. The van der Waals surface area contributed by atoms with Crippen LogP contribution >= 0.6 is 0 Å². The largest absolute Gasteiger partial charge is 0.218 e. The molecule has 7 rings (SSSR count). The van der Waals surface area contributed by atoms with Crippen molar-refractivity contribution >= 4 is 5.70 Å². The van der Waals surface area contributed by atoms with E-state index in [9.17, 15) is 0 Å². The first-order chi connectivity index (χ1) is 19.6. The quantitative estimate of drug-likeness (QED) is 0.206. The van der Waals surface area contributed by atoms with Crippen molar-refractivity contribution in [3.05, 3.63) is 139 Å². The molecule has 2 heteroatoms. The smallest absolute Gasteiger partial charge is 0.194 e. The SMILES string of the molecule is C=C1CC2C(CCc3ccc(-c4ccccc4)cc3-c3cc(C(C)C)cc[n+]31)c1ccccc1-c1cccc[n+]12. The van der Waals surface area contributed by atoms with Crippen LogP contribution in [0.3, 0.4) is 0 Å². The molecule has 0 N–H and O–H groups in total. The molecule has 0 radical (unpaired) electrons. The van der Waals surface area contributed by atoms with E-state index in [2.05, 4.69) is 139 Å². The molecule has 2 unspecified atom stereocenters. The summed E-state index contributed by atoms with van der Waals surface area (Å²) in [4.78, 5) is 0. The highest BCUT2D eigenvalue weighted by Gasteiger charge is 2.42. The van der Waals surface area contributed by atoms with Gasteiger partial charge in [0.25, 0.3) is 0 Å². The number of pyridine rings is 2. The van der Waals surface area contributed by atoms with Crippen molar-refractivity contribution in [3.63, 3.8) is 0 Å². The summed E-state index contributed by atoms with van der Waals surface area (Å²) in [5.41, 5.74) is 13.1. The molecule has 0 amide bonds. The molecule has 4 heterocycles. The Morgan fingerprint density at radius 3 is 2.38 bits per heavy atom. The molecule has 2 aromatic heterocycles. The predicted molar refractivity (Wildman–Crippen MR) is 164 cm³/mol. The molecule has 0 fully saturated rings. The predicted octanol–water partition coefficient (Wildman–Crippen LogP) is 8.53. The van der Waals surface area contributed by atoms with E-state index in [4.69, 9.17) is 6.58 Å². The fraction of sp³-hybridized carbons (Fsp3) is 0.211. The minimum absolute atomic E-state index is 0.314. The fourth-order valence-electron chi connectivity index (χ4n) is 6.87. The highest BCUT2D eigenvalue weighted by atomic mass is 15.0. The third kappa shape index (κ3) is 4.19. The maximum Gasteiger partial charge on any atom is 0.218 e. The van der Waals surface area contributed by atoms with Gasteiger partial charge in [0.1, 0.15) is 0 Å². The molecule has 0 bridgehead atoms. The summed E-state index contributed by atoms with van der Waals surface area (Å²) in [7, 11) is 0. The highest BCUT2D eigenvalue weighted by molar-refractivity contribution is 5.74. The molecule has 0 saturated carbocycles. The van der Waals surface area contributed by atoms with Gasteiger partial charge < -0.3 is 0 Å². The van der Waals surface area contributed by atoms with Gasteiger partial charge in [-0.05, 0) is 71.4 Å². The molecule has 196 valence electrons. The first-order valence-electron chi connectivity index (χ1n) is 14.6. The molecular weight excluding hydrogens is 484 g/mol. The van der Waals surface area contributed by atoms with Crippen LogP contribution in [0, 0.1) is 0 Å². The van der Waals surface area contributed by atoms with Gasteiger partial charge in [0, 0.05) is 35.7 Å². The van der Waals surface area contributed by atoms with Gasteiger partial charge in [-0.1, -0.05) is 74.5 Å². The Balaban J connectivity index is 1.43. The van der Waals surface area contributed by atoms with Crippen LogP contribution in [0.15, 0.2) is 122 Å². The van der Waals surface area contributed by atoms with Crippen LogP contribution in [-0.2, 0) is 6.42 Å². The number of fused-ring (bicyclic) bond motifs is 9. The molecular formula is C38H36N2+2. The molecule has 2 aliphatic rings. The molecule has 2 aliphatic heterocycles. The zero-order chi connectivity index (χ0) is 27.2. The second kappa shape index (κ2) is 10.0. The van der Waals surface area contributed by atoms with Crippen LogP contribution in [0.2, 0.25) is 0 Å². The Hall–Kier alpha value is -4.30. The van der Waals surface area contributed by atoms with E-state index in [0.717, 1.165) is 25.0 Å². The molecule has 2 atom stereocenters. The number of rotatable bonds is 2. The maximum absolute atomic E-state index is 4.73. The number of allylic oxidation sites excluding steroid dienone is 1. The lowest BCUT2D eigenvalue weighted by atomic mass is 9.77. The summed E-state index contributed by atoms with van der Waals surface area (Å²) in [5, 5.41) is 0. The molecule has 0 spiro atoms. The highest BCUT2D eigenvalue weighted by Crippen LogP contribution is 2.44. The Morgan fingerprint density at radius 2 is 1.52 bits per heavy atom. The fourth-order valence-corrected chi connectivity index (χ4v) is 6.87. The van der Waals surface area contributed by atoms with Gasteiger partial charge in [0.15, 0.2) is 24.1 Å². The molecule has 0 saturated heterocycles. The minimum Gasteiger partial charge on any atom is -0.194 e. The van der Waals surface area contributed by atoms with E-state index in [0.29, 0.717) is 17.9 Å². The van der Waals surface area contributed by atoms with Crippen molar-refractivity contribution in [1.29, 1.82) is 0 Å². The van der Waals surface area contributed by atoms with Crippen LogP contribution in [-0.4, -0.2) is 0 Å². The van der Waals surface area contributed by atoms with E-state index in [1.54, 1.807) is 0 Å². The lowest BCUT2D eigenvalue weighted by Gasteiger charge is -2.31. The summed E-state index contributed by atoms with van der Waals surface area (Å²) in [6.07, 6.45) is 7.55. The lowest BCUT2D eigenvalue weighted by molar-refractivity contribution is -0.720. The van der Waals surface area contributed by atoms with Crippen molar-refractivity contribution < 1.29 is 9.13 Å². The third-order valence-electron chi connectivity index (χ3n) is 9.00. The second-order valence-corrected chi connectivity index (χ2v) is 11.7. The topological polar surface area (TPSA) is 7.76 Å². The molecule has 5 aromatic rings. The van der Waals surface area contributed by atoms with Crippen molar-refractivity contribution in [2.24, 2.45) is 0 Å². The number of hydrogen-bond acceptors (Lipinski definition) is 0. The normalized spacial score (nSPS) is 17.7. The zero-order valence-electron chi connectivity index (χ0n) is 23.4. The standard InChI is InChI=1S/C38H36N2/c1-26(2)30-20-22-39-27(3)23-37-34(32-13-7-8-14-33(32)36-15-9-10-21-40(36)37)19-18-29-16-17-31(24-35(29)38(39)25-30)28-11-5-4-6-12-28/h4-17,20-22,24-26,34,37H,3,18-19,23H2,1-2H3/q+2. The maximum atomic E-state index is 4.73. The molecule has 3 aromatic carbocycles. The van der Waals surface area contributed by atoms with Crippen LogP contribution in [0.5, 0.6) is 0 Å². The summed E-state index contributed by atoms with van der Waals surface area (Å²) in [6.45, 7) is 9.28. The van der Waals surface area contributed by atoms with Crippen molar-refractivity contribution in [3.8, 4) is 33.6 Å². The summed E-state index contributed by atoms with van der Waals surface area (Å²) in [6, 6.07) is 38.5. The summed E-state index contributed by atoms with van der Waals surface area (Å²) < 4.78 is 4.88. The van der Waals surface area contributed by atoms with Gasteiger partial charge in [0.05, 0.1) is 12.0 Å². The lowest BCUT2D eigenvalue weighted by Crippen LogP contribution is -2.49. The van der Waals surface area contributed by atoms with Gasteiger partial charge in [-0.15, -0.1) is 0 Å². The van der Waals surface area contributed by atoms with E-state index < -0.39 is 0 Å². The molecule has 2 nitrogen and oxygen atoms in total. The second-order valence-electron chi connectivity index (χ2n) is 11.7. The zero-order valence-corrected chi connectivity index (χ0v) is 23.4. The Morgan fingerprint density at radius 1 is 0.725 bits per heavy atom. The molecule has 40 heavy (non-hydrogen) atoms. The Kier molecular flexibility index (Phi) is 6.20. The van der Waals surface area contributed by atoms with Gasteiger partial charge >= 0.3 is 0 Å². The number of benzene rings is 3. The van der Waals surface area contributed by atoms with Crippen LogP contribution in [0.4, 0.5) is 0 Å². The van der Waals surface area contributed by atoms with Gasteiger partial charge in [-0.2, -0.15) is 9.13 Å². The average molecular weight is 521 g/mol. The summed E-state index contributed by atoms with van der Waals surface area (Å²) >= 11 is 0. The monoisotopic (exact) mass is 520 g/mol. The number of aryl methyl sites for hydroxylation is 1. The minimum atomic E-state index is 0.314. The van der Waals surface area contributed by atoms with Gasteiger partial charge in [0.2, 0.25) is 11.4 Å². The van der Waals surface area contributed by atoms with Gasteiger partial charge in [-0.25, -0.2) is 0 Å². The average Bonchev–Trinajstić information content (AvgIpc) is 3.00. The first-order valence-corrected chi connectivity index (χ1v) is 14.6. The van der Waals surface area contributed by atoms with Crippen molar-refractivity contribution in [2.75, 3.05) is 0 Å². The van der Waals surface area contributed by atoms with Gasteiger partial charge in [-0.3, -0.25) is 0 Å². The number of hydrogen-bond donors (Lipinski definition) is 0. The van der Waals surface area contributed by atoms with E-state index in [1.807, 2.05) is 0 Å². The molecule has 0 aliphatic carbocycles. The van der Waals surface area contributed by atoms with Crippen LogP contribution in [0.1, 0.15) is 61.3 Å².